The van der Waals surface area contributed by atoms with Crippen LogP contribution in [0.1, 0.15) is 38.7 Å². The normalized spacial score (nSPS) is 16.9. The lowest BCUT2D eigenvalue weighted by molar-refractivity contribution is -0.126. The highest BCUT2D eigenvalue weighted by atomic mass is 32.2. The molecule has 1 aliphatic heterocycles. The van der Waals surface area contributed by atoms with Gasteiger partial charge in [0.25, 0.3) is 0 Å². The van der Waals surface area contributed by atoms with Crippen LogP contribution < -0.4 is 10.6 Å². The van der Waals surface area contributed by atoms with Crippen LogP contribution in [0.15, 0.2) is 29.2 Å². The summed E-state index contributed by atoms with van der Waals surface area (Å²) in [5.74, 6) is -0.0706. The highest BCUT2D eigenvalue weighted by molar-refractivity contribution is 7.89. The average Bonchev–Trinajstić information content (AvgIpc) is 2.72. The van der Waals surface area contributed by atoms with Crippen molar-refractivity contribution in [1.82, 2.24) is 19.8 Å². The predicted molar refractivity (Wildman–Crippen MR) is 112 cm³/mol. The monoisotopic (exact) mass is 424 g/mol. The van der Waals surface area contributed by atoms with Gasteiger partial charge in [-0.1, -0.05) is 26.0 Å². The molecule has 0 saturated carbocycles. The highest BCUT2D eigenvalue weighted by Gasteiger charge is 2.29. The van der Waals surface area contributed by atoms with Gasteiger partial charge in [0.1, 0.15) is 0 Å². The quantitative estimate of drug-likeness (QED) is 0.610. The number of carbonyl (C=O) groups is 2. The fraction of sp³-hybridized carbons (Fsp3) is 0.600. The lowest BCUT2D eigenvalue weighted by atomic mass is 9.99. The minimum Gasteiger partial charge on any atom is -0.355 e. The number of likely N-dealkylation sites (N-methyl/N-ethyl adjacent to an activating group) is 1. The largest absolute Gasteiger partial charge is 0.355 e. The second-order valence-electron chi connectivity index (χ2n) is 7.29. The Labute approximate surface area is 173 Å². The van der Waals surface area contributed by atoms with Crippen LogP contribution in [0.25, 0.3) is 0 Å². The van der Waals surface area contributed by atoms with Crippen LogP contribution in [0.2, 0.25) is 0 Å². The fourth-order valence-corrected chi connectivity index (χ4v) is 4.60. The van der Waals surface area contributed by atoms with Crippen LogP contribution in [0.5, 0.6) is 0 Å². The Balaban J connectivity index is 1.86. The molecule has 2 rings (SSSR count). The Bertz CT molecular complexity index is 787. The summed E-state index contributed by atoms with van der Waals surface area (Å²) < 4.78 is 27.2. The van der Waals surface area contributed by atoms with E-state index in [1.54, 1.807) is 12.1 Å². The van der Waals surface area contributed by atoms with E-state index in [4.69, 9.17) is 0 Å². The first-order valence-corrected chi connectivity index (χ1v) is 11.6. The third kappa shape index (κ3) is 6.52. The zero-order valence-corrected chi connectivity index (χ0v) is 18.3. The molecule has 1 aliphatic rings. The molecule has 0 unspecified atom stereocenters. The van der Waals surface area contributed by atoms with Crippen molar-refractivity contribution >= 4 is 21.8 Å². The van der Waals surface area contributed by atoms with Gasteiger partial charge in [-0.25, -0.2) is 8.42 Å². The van der Waals surface area contributed by atoms with Gasteiger partial charge >= 0.3 is 0 Å². The summed E-state index contributed by atoms with van der Waals surface area (Å²) in [6.07, 6.45) is 1.00. The van der Waals surface area contributed by atoms with Crippen LogP contribution in [-0.2, 0) is 19.6 Å². The second kappa shape index (κ2) is 10.7. The molecular formula is C20H32N4O4S. The SMILES string of the molecule is CCNC(=O)CNC(=O)CN1CCN(S(=O)(=O)c2ccc([C@@H](C)CC)cc2)CC1. The van der Waals surface area contributed by atoms with Crippen molar-refractivity contribution in [2.75, 3.05) is 45.8 Å². The highest BCUT2D eigenvalue weighted by Crippen LogP contribution is 2.23. The summed E-state index contributed by atoms with van der Waals surface area (Å²) in [5.41, 5.74) is 1.13. The molecular weight excluding hydrogens is 392 g/mol. The molecule has 1 aromatic carbocycles. The standard InChI is InChI=1S/C20H32N4O4S/c1-4-16(3)17-6-8-18(9-7-17)29(27,28)24-12-10-23(11-13-24)15-20(26)22-14-19(25)21-5-2/h6-9,16H,4-5,10-15H2,1-3H3,(H,21,25)(H,22,26)/t16-/m0/s1. The Hall–Kier alpha value is -1.97. The van der Waals surface area contributed by atoms with E-state index in [2.05, 4.69) is 24.5 Å². The molecule has 1 heterocycles. The molecule has 0 aromatic heterocycles. The van der Waals surface area contributed by atoms with E-state index < -0.39 is 10.0 Å². The minimum atomic E-state index is -3.54. The van der Waals surface area contributed by atoms with Crippen molar-refractivity contribution in [3.05, 3.63) is 29.8 Å². The number of amides is 2. The zero-order valence-electron chi connectivity index (χ0n) is 17.5. The number of hydrogen-bond donors (Lipinski definition) is 2. The molecule has 1 atom stereocenters. The van der Waals surface area contributed by atoms with E-state index >= 15 is 0 Å². The summed E-state index contributed by atoms with van der Waals surface area (Å²) >= 11 is 0. The molecule has 2 N–H and O–H groups in total. The van der Waals surface area contributed by atoms with Gasteiger partial charge < -0.3 is 10.6 Å². The van der Waals surface area contributed by atoms with Crippen molar-refractivity contribution in [3.8, 4) is 0 Å². The molecule has 8 nitrogen and oxygen atoms in total. The van der Waals surface area contributed by atoms with Gasteiger partial charge in [0.2, 0.25) is 21.8 Å². The number of piperazine rings is 1. The van der Waals surface area contributed by atoms with E-state index in [9.17, 15) is 18.0 Å². The third-order valence-electron chi connectivity index (χ3n) is 5.22. The van der Waals surface area contributed by atoms with Crippen molar-refractivity contribution in [2.45, 2.75) is 38.0 Å². The first-order valence-electron chi connectivity index (χ1n) is 10.1. The summed E-state index contributed by atoms with van der Waals surface area (Å²) in [6.45, 7) is 8.27. The maximum absolute atomic E-state index is 12.9. The van der Waals surface area contributed by atoms with Crippen LogP contribution in [0.4, 0.5) is 0 Å². The number of benzene rings is 1. The van der Waals surface area contributed by atoms with Gasteiger partial charge in [0.15, 0.2) is 0 Å². The van der Waals surface area contributed by atoms with Gasteiger partial charge in [-0.3, -0.25) is 14.5 Å². The summed E-state index contributed by atoms with van der Waals surface area (Å²) in [7, 11) is -3.54. The van der Waals surface area contributed by atoms with Crippen molar-refractivity contribution in [3.63, 3.8) is 0 Å². The molecule has 2 amide bonds. The Kier molecular flexibility index (Phi) is 8.60. The lowest BCUT2D eigenvalue weighted by Crippen LogP contribution is -2.51. The van der Waals surface area contributed by atoms with Gasteiger partial charge in [0.05, 0.1) is 18.0 Å². The topological polar surface area (TPSA) is 98.8 Å². The minimum absolute atomic E-state index is 0.0480. The van der Waals surface area contributed by atoms with Gasteiger partial charge in [-0.2, -0.15) is 4.31 Å². The van der Waals surface area contributed by atoms with Gasteiger partial charge in [-0.05, 0) is 37.0 Å². The first-order chi connectivity index (χ1) is 13.8. The van der Waals surface area contributed by atoms with Crippen LogP contribution in [-0.4, -0.2) is 75.3 Å². The van der Waals surface area contributed by atoms with Crippen molar-refractivity contribution in [1.29, 1.82) is 0 Å². The number of nitrogens with zero attached hydrogens (tertiary/aromatic N) is 2. The van der Waals surface area contributed by atoms with E-state index in [1.807, 2.05) is 24.0 Å². The number of hydrogen-bond acceptors (Lipinski definition) is 5. The average molecular weight is 425 g/mol. The van der Waals surface area contributed by atoms with Crippen LogP contribution in [0.3, 0.4) is 0 Å². The number of carbonyl (C=O) groups excluding carboxylic acids is 2. The van der Waals surface area contributed by atoms with E-state index in [0.717, 1.165) is 12.0 Å². The lowest BCUT2D eigenvalue weighted by Gasteiger charge is -2.33. The fourth-order valence-electron chi connectivity index (χ4n) is 3.18. The maximum Gasteiger partial charge on any atom is 0.243 e. The molecule has 0 radical (unpaired) electrons. The second-order valence-corrected chi connectivity index (χ2v) is 9.23. The summed E-state index contributed by atoms with van der Waals surface area (Å²) in [6, 6.07) is 7.13. The first kappa shape index (κ1) is 23.3. The van der Waals surface area contributed by atoms with E-state index in [0.29, 0.717) is 43.5 Å². The van der Waals surface area contributed by atoms with Gasteiger partial charge in [-0.15, -0.1) is 0 Å². The molecule has 0 spiro atoms. The van der Waals surface area contributed by atoms with Crippen LogP contribution >= 0.6 is 0 Å². The molecule has 162 valence electrons. The summed E-state index contributed by atoms with van der Waals surface area (Å²) in [4.78, 5) is 25.6. The zero-order chi connectivity index (χ0) is 21.4. The van der Waals surface area contributed by atoms with E-state index in [-0.39, 0.29) is 24.9 Å². The third-order valence-corrected chi connectivity index (χ3v) is 7.13. The molecule has 0 bridgehead atoms. The summed E-state index contributed by atoms with van der Waals surface area (Å²) in [5, 5.41) is 5.19. The Morgan fingerprint density at radius 2 is 1.62 bits per heavy atom. The number of sulfonamides is 1. The number of nitrogens with one attached hydrogen (secondary N) is 2. The van der Waals surface area contributed by atoms with Crippen molar-refractivity contribution < 1.29 is 18.0 Å². The maximum atomic E-state index is 12.9. The van der Waals surface area contributed by atoms with Crippen molar-refractivity contribution in [2.24, 2.45) is 0 Å². The van der Waals surface area contributed by atoms with Gasteiger partial charge in [0, 0.05) is 32.7 Å². The molecule has 1 aromatic rings. The smallest absolute Gasteiger partial charge is 0.243 e. The molecule has 0 aliphatic carbocycles. The molecule has 1 saturated heterocycles. The number of rotatable bonds is 9. The Morgan fingerprint density at radius 1 is 1.00 bits per heavy atom. The predicted octanol–water partition coefficient (Wildman–Crippen LogP) is 0.759. The molecule has 29 heavy (non-hydrogen) atoms. The molecule has 1 fully saturated rings. The molecule has 9 heteroatoms. The van der Waals surface area contributed by atoms with Crippen LogP contribution in [0, 0.1) is 0 Å². The Morgan fingerprint density at radius 3 is 2.17 bits per heavy atom. The van der Waals surface area contributed by atoms with E-state index in [1.165, 1.54) is 4.31 Å².